The van der Waals surface area contributed by atoms with Gasteiger partial charge in [0.05, 0.1) is 6.10 Å². The molecule has 0 N–H and O–H groups in total. The predicted molar refractivity (Wildman–Crippen MR) is 75.4 cm³/mol. The van der Waals surface area contributed by atoms with E-state index in [1.165, 1.54) is 58.3 Å². The molecule has 0 spiro atoms. The summed E-state index contributed by atoms with van der Waals surface area (Å²) in [7, 11) is 0. The molecule has 1 atom stereocenters. The summed E-state index contributed by atoms with van der Waals surface area (Å²) in [4.78, 5) is 5.28. The maximum absolute atomic E-state index is 5.85. The van der Waals surface area contributed by atoms with Crippen molar-refractivity contribution in [2.45, 2.75) is 44.2 Å². The molecule has 0 aliphatic carbocycles. The molecule has 0 aromatic rings. The summed E-state index contributed by atoms with van der Waals surface area (Å²) >= 11 is 0. The van der Waals surface area contributed by atoms with Crippen LogP contribution in [0.1, 0.15) is 32.1 Å². The Labute approximate surface area is 117 Å². The van der Waals surface area contributed by atoms with Crippen molar-refractivity contribution in [3.05, 3.63) is 0 Å². The lowest BCUT2D eigenvalue weighted by atomic mass is 10.1. The molecule has 0 bridgehead atoms. The third-order valence-corrected chi connectivity index (χ3v) is 4.85. The summed E-state index contributed by atoms with van der Waals surface area (Å²) < 4.78 is 11.3. The molecule has 0 amide bonds. The van der Waals surface area contributed by atoms with Gasteiger partial charge in [-0.15, -0.1) is 0 Å². The fourth-order valence-corrected chi connectivity index (χ4v) is 3.60. The molecule has 4 heteroatoms. The van der Waals surface area contributed by atoms with Gasteiger partial charge < -0.3 is 9.47 Å². The van der Waals surface area contributed by atoms with E-state index in [1.54, 1.807) is 0 Å². The van der Waals surface area contributed by atoms with Crippen LogP contribution in [0.4, 0.5) is 0 Å². The van der Waals surface area contributed by atoms with Gasteiger partial charge in [-0.2, -0.15) is 0 Å². The molecule has 3 heterocycles. The Morgan fingerprint density at radius 1 is 0.842 bits per heavy atom. The van der Waals surface area contributed by atoms with Crippen molar-refractivity contribution in [1.29, 1.82) is 0 Å². The Morgan fingerprint density at radius 3 is 2.32 bits per heavy atom. The molecule has 3 fully saturated rings. The lowest BCUT2D eigenvalue weighted by molar-refractivity contribution is -0.0250. The van der Waals surface area contributed by atoms with E-state index >= 15 is 0 Å². The third-order valence-electron chi connectivity index (χ3n) is 4.85. The molecule has 19 heavy (non-hydrogen) atoms. The summed E-state index contributed by atoms with van der Waals surface area (Å²) in [5.74, 6) is 0. The molecule has 3 aliphatic rings. The first-order valence-corrected chi connectivity index (χ1v) is 8.07. The van der Waals surface area contributed by atoms with E-state index in [2.05, 4.69) is 9.80 Å². The van der Waals surface area contributed by atoms with Crippen molar-refractivity contribution in [3.8, 4) is 0 Å². The lowest BCUT2D eigenvalue weighted by Gasteiger charge is -2.41. The van der Waals surface area contributed by atoms with E-state index in [0.29, 0.717) is 6.10 Å². The monoisotopic (exact) mass is 268 g/mol. The van der Waals surface area contributed by atoms with Crippen LogP contribution in [0.2, 0.25) is 0 Å². The highest BCUT2D eigenvalue weighted by Gasteiger charge is 2.26. The highest BCUT2D eigenvalue weighted by Crippen LogP contribution is 2.18. The van der Waals surface area contributed by atoms with Crippen LogP contribution in [-0.2, 0) is 9.47 Å². The quantitative estimate of drug-likeness (QED) is 0.771. The van der Waals surface area contributed by atoms with Crippen LogP contribution in [0.15, 0.2) is 0 Å². The average Bonchev–Trinajstić information content (AvgIpc) is 2.50. The number of nitrogens with zero attached hydrogens (tertiary/aromatic N) is 2. The van der Waals surface area contributed by atoms with Crippen LogP contribution in [0.3, 0.4) is 0 Å². The Morgan fingerprint density at radius 2 is 1.63 bits per heavy atom. The maximum atomic E-state index is 5.85. The van der Waals surface area contributed by atoms with E-state index in [0.717, 1.165) is 32.4 Å². The van der Waals surface area contributed by atoms with Crippen molar-refractivity contribution in [3.63, 3.8) is 0 Å². The Balaban J connectivity index is 1.38. The van der Waals surface area contributed by atoms with Gasteiger partial charge in [-0.25, -0.2) is 0 Å². The van der Waals surface area contributed by atoms with E-state index in [-0.39, 0.29) is 0 Å². The summed E-state index contributed by atoms with van der Waals surface area (Å²) in [6.45, 7) is 8.96. The molecule has 1 unspecified atom stereocenters. The lowest BCUT2D eigenvalue weighted by Crippen LogP contribution is -2.53. The zero-order chi connectivity index (χ0) is 12.9. The van der Waals surface area contributed by atoms with Gasteiger partial charge in [-0.1, -0.05) is 0 Å². The Hall–Kier alpha value is -0.160. The van der Waals surface area contributed by atoms with Gasteiger partial charge in [0.15, 0.2) is 0 Å². The number of ether oxygens (including phenoxy) is 2. The largest absolute Gasteiger partial charge is 0.381 e. The van der Waals surface area contributed by atoms with Crippen LogP contribution in [0.5, 0.6) is 0 Å². The van der Waals surface area contributed by atoms with Crippen LogP contribution in [0.25, 0.3) is 0 Å². The second kappa shape index (κ2) is 7.02. The van der Waals surface area contributed by atoms with Gasteiger partial charge in [-0.3, -0.25) is 9.80 Å². The second-order valence-electron chi connectivity index (χ2n) is 6.17. The molecule has 3 saturated heterocycles. The van der Waals surface area contributed by atoms with Crippen LogP contribution in [-0.4, -0.2) is 74.5 Å². The summed E-state index contributed by atoms with van der Waals surface area (Å²) in [6.07, 6.45) is 6.83. The maximum Gasteiger partial charge on any atom is 0.0702 e. The van der Waals surface area contributed by atoms with Gasteiger partial charge in [0, 0.05) is 58.6 Å². The fourth-order valence-electron chi connectivity index (χ4n) is 3.60. The van der Waals surface area contributed by atoms with E-state index in [9.17, 15) is 0 Å². The molecule has 110 valence electrons. The SMILES string of the molecule is C1CCC(CN2CCN(C3CCOCC3)CC2)OC1. The topological polar surface area (TPSA) is 24.9 Å². The van der Waals surface area contributed by atoms with Crippen LogP contribution >= 0.6 is 0 Å². The fraction of sp³-hybridized carbons (Fsp3) is 1.00. The Bertz CT molecular complexity index is 255. The molecule has 0 saturated carbocycles. The molecule has 0 aromatic carbocycles. The summed E-state index contributed by atoms with van der Waals surface area (Å²) in [5.41, 5.74) is 0. The van der Waals surface area contributed by atoms with Gasteiger partial charge in [-0.05, 0) is 32.1 Å². The number of hydrogen-bond donors (Lipinski definition) is 0. The average molecular weight is 268 g/mol. The van der Waals surface area contributed by atoms with Crippen molar-refractivity contribution in [2.75, 3.05) is 52.5 Å². The standard InChI is InChI=1S/C15H28N2O2/c1-2-10-19-15(3-1)13-16-6-8-17(9-7-16)14-4-11-18-12-5-14/h14-15H,1-13H2. The number of rotatable bonds is 3. The third kappa shape index (κ3) is 3.91. The van der Waals surface area contributed by atoms with E-state index in [4.69, 9.17) is 9.47 Å². The highest BCUT2D eigenvalue weighted by atomic mass is 16.5. The minimum absolute atomic E-state index is 0.503. The molecule has 3 rings (SSSR count). The first-order chi connectivity index (χ1) is 9.42. The van der Waals surface area contributed by atoms with Crippen molar-refractivity contribution in [1.82, 2.24) is 9.80 Å². The highest BCUT2D eigenvalue weighted by molar-refractivity contribution is 4.81. The summed E-state index contributed by atoms with van der Waals surface area (Å²) in [5, 5.41) is 0. The van der Waals surface area contributed by atoms with Crippen LogP contribution < -0.4 is 0 Å². The normalized spacial score (nSPS) is 32.5. The van der Waals surface area contributed by atoms with Gasteiger partial charge in [0.2, 0.25) is 0 Å². The molecule has 3 aliphatic heterocycles. The van der Waals surface area contributed by atoms with Crippen molar-refractivity contribution < 1.29 is 9.47 Å². The first-order valence-electron chi connectivity index (χ1n) is 8.07. The number of hydrogen-bond acceptors (Lipinski definition) is 4. The predicted octanol–water partition coefficient (Wildman–Crippen LogP) is 1.35. The second-order valence-corrected chi connectivity index (χ2v) is 6.17. The molecule has 0 aromatic heterocycles. The first kappa shape index (κ1) is 13.8. The van der Waals surface area contributed by atoms with Gasteiger partial charge >= 0.3 is 0 Å². The van der Waals surface area contributed by atoms with E-state index < -0.39 is 0 Å². The molecule has 4 nitrogen and oxygen atoms in total. The zero-order valence-electron chi connectivity index (χ0n) is 12.1. The van der Waals surface area contributed by atoms with Crippen LogP contribution in [0, 0.1) is 0 Å². The number of piperazine rings is 1. The Kier molecular flexibility index (Phi) is 5.10. The van der Waals surface area contributed by atoms with Gasteiger partial charge in [0.1, 0.15) is 0 Å². The van der Waals surface area contributed by atoms with Crippen molar-refractivity contribution >= 4 is 0 Å². The van der Waals surface area contributed by atoms with Crippen molar-refractivity contribution in [2.24, 2.45) is 0 Å². The molecular formula is C15H28N2O2. The van der Waals surface area contributed by atoms with Gasteiger partial charge in [0.25, 0.3) is 0 Å². The molecular weight excluding hydrogens is 240 g/mol. The summed E-state index contributed by atoms with van der Waals surface area (Å²) in [6, 6.07) is 0.779. The minimum Gasteiger partial charge on any atom is -0.381 e. The molecule has 0 radical (unpaired) electrons. The van der Waals surface area contributed by atoms with E-state index in [1.807, 2.05) is 0 Å². The smallest absolute Gasteiger partial charge is 0.0702 e. The minimum atomic E-state index is 0.503. The zero-order valence-corrected chi connectivity index (χ0v) is 12.1.